The van der Waals surface area contributed by atoms with Crippen LogP contribution in [0.4, 0.5) is 5.69 Å². The maximum Gasteiger partial charge on any atom is 0.255 e. The lowest BCUT2D eigenvalue weighted by molar-refractivity contribution is 0.102. The van der Waals surface area contributed by atoms with Crippen LogP contribution in [0.2, 0.25) is 0 Å². The summed E-state index contributed by atoms with van der Waals surface area (Å²) < 4.78 is 0. The lowest BCUT2D eigenvalue weighted by atomic mass is 10.1. The Morgan fingerprint density at radius 3 is 2.33 bits per heavy atom. The van der Waals surface area contributed by atoms with E-state index in [0.29, 0.717) is 16.8 Å². The smallest absolute Gasteiger partial charge is 0.255 e. The summed E-state index contributed by atoms with van der Waals surface area (Å²) in [5, 5.41) is 12.5. The Bertz CT molecular complexity index is 906. The van der Waals surface area contributed by atoms with Gasteiger partial charge in [-0.2, -0.15) is 0 Å². The Morgan fingerprint density at radius 1 is 1.00 bits per heavy atom. The second-order valence-corrected chi connectivity index (χ2v) is 5.50. The van der Waals surface area contributed by atoms with Gasteiger partial charge in [0.25, 0.3) is 5.91 Å². The molecule has 0 bridgehead atoms. The van der Waals surface area contributed by atoms with E-state index < -0.39 is 0 Å². The topological polar surface area (TPSA) is 75.1 Å². The molecule has 122 valence electrons. The minimum Gasteiger partial charge on any atom is -0.506 e. The normalized spacial score (nSPS) is 10.8. The molecule has 1 heterocycles. The average molecular weight is 321 g/mol. The summed E-state index contributed by atoms with van der Waals surface area (Å²) in [6.45, 7) is 4.10. The van der Waals surface area contributed by atoms with Crippen LogP contribution in [0, 0.1) is 0 Å². The first-order chi connectivity index (χ1) is 11.6. The first kappa shape index (κ1) is 15.9. The van der Waals surface area contributed by atoms with Crippen molar-refractivity contribution in [2.24, 2.45) is 0 Å². The lowest BCUT2D eigenvalue weighted by Gasteiger charge is -2.09. The summed E-state index contributed by atoms with van der Waals surface area (Å²) in [6.07, 6.45) is 1.64. The largest absolute Gasteiger partial charge is 0.506 e. The number of rotatable bonds is 4. The molecule has 0 saturated carbocycles. The minimum absolute atomic E-state index is 0.0345. The van der Waals surface area contributed by atoms with Gasteiger partial charge in [0.15, 0.2) is 0 Å². The van der Waals surface area contributed by atoms with E-state index in [0.717, 1.165) is 29.7 Å². The molecule has 2 N–H and O–H groups in total. The quantitative estimate of drug-likeness (QED) is 0.718. The highest BCUT2D eigenvalue weighted by Crippen LogP contribution is 2.23. The van der Waals surface area contributed by atoms with Crippen molar-refractivity contribution in [1.29, 1.82) is 0 Å². The number of aryl methyl sites for hydroxylation is 2. The van der Waals surface area contributed by atoms with Crippen molar-refractivity contribution in [3.63, 3.8) is 0 Å². The van der Waals surface area contributed by atoms with E-state index in [1.165, 1.54) is 6.07 Å². The number of para-hydroxylation sites is 2. The van der Waals surface area contributed by atoms with E-state index in [2.05, 4.69) is 22.2 Å². The Kier molecular flexibility index (Phi) is 4.42. The molecule has 2 aromatic carbocycles. The van der Waals surface area contributed by atoms with Crippen LogP contribution in [0.5, 0.6) is 5.75 Å². The predicted octanol–water partition coefficient (Wildman–Crippen LogP) is 3.71. The second-order valence-electron chi connectivity index (χ2n) is 5.50. The Labute approximate surface area is 140 Å². The van der Waals surface area contributed by atoms with Gasteiger partial charge in [-0.05, 0) is 43.2 Å². The summed E-state index contributed by atoms with van der Waals surface area (Å²) in [7, 11) is 0. The van der Waals surface area contributed by atoms with Crippen molar-refractivity contribution in [2.45, 2.75) is 26.7 Å². The highest BCUT2D eigenvalue weighted by molar-refractivity contribution is 6.06. The molecule has 24 heavy (non-hydrogen) atoms. The molecule has 0 aliphatic heterocycles. The van der Waals surface area contributed by atoms with E-state index in [1.807, 2.05) is 6.92 Å². The Morgan fingerprint density at radius 2 is 1.67 bits per heavy atom. The van der Waals surface area contributed by atoms with Gasteiger partial charge in [0, 0.05) is 5.56 Å². The number of amides is 1. The first-order valence-electron chi connectivity index (χ1n) is 8.01. The van der Waals surface area contributed by atoms with Gasteiger partial charge < -0.3 is 10.4 Å². The summed E-state index contributed by atoms with van der Waals surface area (Å²) in [4.78, 5) is 21.7. The number of benzene rings is 2. The standard InChI is InChI=1S/C19H19N3O2/c1-3-13-14(4-2)21-17-11-12(9-10-15(17)20-13)19(24)22-16-7-5-6-8-18(16)23/h5-11,23H,3-4H2,1-2H3,(H,22,24). The number of anilines is 1. The van der Waals surface area contributed by atoms with Crippen molar-refractivity contribution in [2.75, 3.05) is 5.32 Å². The summed E-state index contributed by atoms with van der Waals surface area (Å²) >= 11 is 0. The fraction of sp³-hybridized carbons (Fsp3) is 0.211. The van der Waals surface area contributed by atoms with Crippen molar-refractivity contribution in [1.82, 2.24) is 9.97 Å². The zero-order valence-electron chi connectivity index (χ0n) is 13.7. The molecule has 0 fully saturated rings. The van der Waals surface area contributed by atoms with E-state index in [9.17, 15) is 9.90 Å². The summed E-state index contributed by atoms with van der Waals surface area (Å²) in [5.74, 6) is -0.259. The third kappa shape index (κ3) is 3.06. The molecule has 0 aliphatic carbocycles. The number of hydrogen-bond acceptors (Lipinski definition) is 4. The molecule has 5 heteroatoms. The second kappa shape index (κ2) is 6.66. The molecule has 0 saturated heterocycles. The van der Waals surface area contributed by atoms with Gasteiger partial charge in [0.2, 0.25) is 0 Å². The van der Waals surface area contributed by atoms with Crippen molar-refractivity contribution in [3.05, 3.63) is 59.4 Å². The summed E-state index contributed by atoms with van der Waals surface area (Å²) in [5.41, 5.74) is 4.30. The van der Waals surface area contributed by atoms with Crippen LogP contribution in [0.25, 0.3) is 11.0 Å². The fourth-order valence-corrected chi connectivity index (χ4v) is 2.61. The van der Waals surface area contributed by atoms with Crippen molar-refractivity contribution in [3.8, 4) is 5.75 Å². The highest BCUT2D eigenvalue weighted by atomic mass is 16.3. The van der Waals surface area contributed by atoms with Crippen molar-refractivity contribution >= 4 is 22.6 Å². The predicted molar refractivity (Wildman–Crippen MR) is 94.4 cm³/mol. The van der Waals surface area contributed by atoms with Crippen molar-refractivity contribution < 1.29 is 9.90 Å². The third-order valence-electron chi connectivity index (χ3n) is 3.90. The number of nitrogens with one attached hydrogen (secondary N) is 1. The molecule has 1 aromatic heterocycles. The number of hydrogen-bond donors (Lipinski definition) is 2. The van der Waals surface area contributed by atoms with Gasteiger partial charge in [-0.1, -0.05) is 26.0 Å². The van der Waals surface area contributed by atoms with Crippen LogP contribution in [0.3, 0.4) is 0 Å². The number of nitrogens with zero attached hydrogens (tertiary/aromatic N) is 2. The van der Waals surface area contributed by atoms with Gasteiger partial charge >= 0.3 is 0 Å². The number of fused-ring (bicyclic) bond motifs is 1. The minimum atomic E-state index is -0.294. The molecule has 0 spiro atoms. The Hall–Kier alpha value is -2.95. The maximum absolute atomic E-state index is 12.4. The van der Waals surface area contributed by atoms with Crippen LogP contribution in [0.1, 0.15) is 35.6 Å². The van der Waals surface area contributed by atoms with Gasteiger partial charge in [0.1, 0.15) is 5.75 Å². The lowest BCUT2D eigenvalue weighted by Crippen LogP contribution is -2.12. The molecule has 0 radical (unpaired) electrons. The molecule has 1 amide bonds. The highest BCUT2D eigenvalue weighted by Gasteiger charge is 2.12. The van der Waals surface area contributed by atoms with Gasteiger partial charge in [-0.3, -0.25) is 4.79 Å². The number of carbonyl (C=O) groups is 1. The molecular weight excluding hydrogens is 302 g/mol. The third-order valence-corrected chi connectivity index (χ3v) is 3.90. The molecule has 0 aliphatic rings. The molecule has 0 unspecified atom stereocenters. The number of aromatic nitrogens is 2. The van der Waals surface area contributed by atoms with E-state index in [-0.39, 0.29) is 11.7 Å². The SMILES string of the molecule is CCc1nc2ccc(C(=O)Nc3ccccc3O)cc2nc1CC. The maximum atomic E-state index is 12.4. The van der Waals surface area contributed by atoms with Crippen LogP contribution in [-0.2, 0) is 12.8 Å². The van der Waals surface area contributed by atoms with Crippen LogP contribution >= 0.6 is 0 Å². The van der Waals surface area contributed by atoms with Gasteiger partial charge in [-0.15, -0.1) is 0 Å². The monoisotopic (exact) mass is 321 g/mol. The number of aromatic hydroxyl groups is 1. The first-order valence-corrected chi connectivity index (χ1v) is 8.01. The van der Waals surface area contributed by atoms with E-state index >= 15 is 0 Å². The van der Waals surface area contributed by atoms with Gasteiger partial charge in [-0.25, -0.2) is 9.97 Å². The molecule has 0 atom stereocenters. The molecule has 5 nitrogen and oxygen atoms in total. The molecular formula is C19H19N3O2. The zero-order chi connectivity index (χ0) is 17.1. The van der Waals surface area contributed by atoms with Crippen LogP contribution in [0.15, 0.2) is 42.5 Å². The number of phenolic OH excluding ortho intramolecular Hbond substituents is 1. The van der Waals surface area contributed by atoms with Crippen LogP contribution < -0.4 is 5.32 Å². The van der Waals surface area contributed by atoms with E-state index in [1.54, 1.807) is 36.4 Å². The van der Waals surface area contributed by atoms with E-state index in [4.69, 9.17) is 0 Å². The van der Waals surface area contributed by atoms with Crippen LogP contribution in [-0.4, -0.2) is 21.0 Å². The molecule has 3 aromatic rings. The zero-order valence-corrected chi connectivity index (χ0v) is 13.7. The molecule has 3 rings (SSSR count). The fourth-order valence-electron chi connectivity index (χ4n) is 2.61. The average Bonchev–Trinajstić information content (AvgIpc) is 2.61. The number of phenols is 1. The Balaban J connectivity index is 1.95. The van der Waals surface area contributed by atoms with Gasteiger partial charge in [0.05, 0.1) is 28.1 Å². The summed E-state index contributed by atoms with van der Waals surface area (Å²) in [6, 6.07) is 11.9. The number of carbonyl (C=O) groups excluding carboxylic acids is 1.